The van der Waals surface area contributed by atoms with E-state index in [4.69, 9.17) is 4.74 Å². The predicted molar refractivity (Wildman–Crippen MR) is 96.9 cm³/mol. The van der Waals surface area contributed by atoms with Crippen molar-refractivity contribution in [3.63, 3.8) is 0 Å². The van der Waals surface area contributed by atoms with E-state index in [0.717, 1.165) is 37.8 Å². The smallest absolute Gasteiger partial charge is 0.124 e. The molecule has 0 aliphatic rings. The molecule has 4 heteroatoms. The first-order valence-electron chi connectivity index (χ1n) is 7.14. The third kappa shape index (κ3) is 3.73. The van der Waals surface area contributed by atoms with Crippen molar-refractivity contribution in [1.82, 2.24) is 0 Å². The first-order valence-corrected chi connectivity index (χ1v) is 8.66. The normalized spacial score (nSPS) is 10.9. The number of methoxy groups -OCH3 is 1. The van der Waals surface area contributed by atoms with Gasteiger partial charge in [-0.1, -0.05) is 58.0 Å². The first kappa shape index (κ1) is 17.1. The monoisotopic (exact) mass is 412 g/mol. The fourth-order valence-electron chi connectivity index (χ4n) is 2.71. The van der Waals surface area contributed by atoms with Crippen LogP contribution in [-0.4, -0.2) is 17.3 Å². The third-order valence-corrected chi connectivity index (χ3v) is 4.47. The van der Waals surface area contributed by atoms with Crippen LogP contribution in [0.15, 0.2) is 24.3 Å². The summed E-state index contributed by atoms with van der Waals surface area (Å²) in [6.07, 6.45) is 0.501. The van der Waals surface area contributed by atoms with Crippen molar-refractivity contribution in [1.29, 1.82) is 0 Å². The lowest BCUT2D eigenvalue weighted by atomic mass is 9.96. The van der Waals surface area contributed by atoms with Gasteiger partial charge >= 0.3 is 0 Å². The van der Waals surface area contributed by atoms with Gasteiger partial charge in [0.1, 0.15) is 11.5 Å². The summed E-state index contributed by atoms with van der Waals surface area (Å²) in [6, 6.07) is 7.86. The Kier molecular flexibility index (Phi) is 5.69. The average Bonchev–Trinajstić information content (AvgIpc) is 2.47. The molecular weight excluding hydrogens is 391 g/mol. The number of aromatic hydroxyl groups is 2. The highest BCUT2D eigenvalue weighted by Gasteiger charge is 2.13. The lowest BCUT2D eigenvalue weighted by Gasteiger charge is -2.14. The summed E-state index contributed by atoms with van der Waals surface area (Å²) >= 11 is 2.25. The topological polar surface area (TPSA) is 49.7 Å². The third-order valence-electron chi connectivity index (χ3n) is 3.65. The first-order chi connectivity index (χ1) is 10.5. The van der Waals surface area contributed by atoms with Gasteiger partial charge in [-0.3, -0.25) is 0 Å². The van der Waals surface area contributed by atoms with Crippen LogP contribution >= 0.6 is 22.6 Å². The molecule has 0 saturated carbocycles. The summed E-state index contributed by atoms with van der Waals surface area (Å²) in [4.78, 5) is 0. The van der Waals surface area contributed by atoms with Crippen molar-refractivity contribution in [2.24, 2.45) is 0 Å². The van der Waals surface area contributed by atoms with Crippen LogP contribution in [0.2, 0.25) is 0 Å². The van der Waals surface area contributed by atoms with Crippen LogP contribution in [0.3, 0.4) is 0 Å². The fraction of sp³-hybridized carbons (Fsp3) is 0.333. The summed E-state index contributed by atoms with van der Waals surface area (Å²) in [5, 5.41) is 20.8. The zero-order chi connectivity index (χ0) is 16.3. The minimum absolute atomic E-state index is 0.254. The van der Waals surface area contributed by atoms with Crippen molar-refractivity contribution in [3.05, 3.63) is 57.6 Å². The second-order valence-electron chi connectivity index (χ2n) is 5.61. The van der Waals surface area contributed by atoms with Gasteiger partial charge in [-0.15, -0.1) is 0 Å². The van der Waals surface area contributed by atoms with Crippen LogP contribution in [0.1, 0.15) is 33.4 Å². The number of ether oxygens (including phenoxy) is 1. The van der Waals surface area contributed by atoms with Crippen molar-refractivity contribution < 1.29 is 14.9 Å². The Morgan fingerprint density at radius 2 is 1.32 bits per heavy atom. The van der Waals surface area contributed by atoms with Crippen molar-refractivity contribution in [2.45, 2.75) is 31.3 Å². The molecule has 2 N–H and O–H groups in total. The Morgan fingerprint density at radius 3 is 1.82 bits per heavy atom. The average molecular weight is 412 g/mol. The standard InChI is InChI=1S/C18H21IO3/c1-11-4-13(17(20)15(6-11)9-19)8-14-5-12(2)7-16(10-22-3)18(14)21/h4-7,20-21H,8-10H2,1-3H3. The van der Waals surface area contributed by atoms with E-state index in [-0.39, 0.29) is 5.75 Å². The fourth-order valence-corrected chi connectivity index (χ4v) is 3.29. The van der Waals surface area contributed by atoms with Crippen molar-refractivity contribution in [2.75, 3.05) is 7.11 Å². The summed E-state index contributed by atoms with van der Waals surface area (Å²) in [6.45, 7) is 4.39. The second kappa shape index (κ2) is 7.33. The Balaban J connectivity index is 2.45. The van der Waals surface area contributed by atoms with Gasteiger partial charge in [0.15, 0.2) is 0 Å². The Labute approximate surface area is 145 Å². The highest BCUT2D eigenvalue weighted by molar-refractivity contribution is 14.1. The number of halogens is 1. The lowest BCUT2D eigenvalue weighted by molar-refractivity contribution is 0.182. The van der Waals surface area contributed by atoms with E-state index in [9.17, 15) is 10.2 Å². The molecule has 0 amide bonds. The second-order valence-corrected chi connectivity index (χ2v) is 6.37. The van der Waals surface area contributed by atoms with Gasteiger partial charge < -0.3 is 14.9 Å². The van der Waals surface area contributed by atoms with E-state index in [1.54, 1.807) is 7.11 Å². The number of hydrogen-bond donors (Lipinski definition) is 2. The maximum absolute atomic E-state index is 10.4. The molecule has 0 bridgehead atoms. The van der Waals surface area contributed by atoms with Crippen molar-refractivity contribution in [3.8, 4) is 11.5 Å². The van der Waals surface area contributed by atoms with Crippen LogP contribution in [0.5, 0.6) is 11.5 Å². The summed E-state index contributed by atoms with van der Waals surface area (Å²) in [5.74, 6) is 0.582. The molecule has 0 heterocycles. The minimum atomic E-state index is 0.254. The molecule has 0 saturated heterocycles. The number of phenols is 2. The molecule has 0 unspecified atom stereocenters. The number of aryl methyl sites for hydroxylation is 2. The van der Waals surface area contributed by atoms with E-state index < -0.39 is 0 Å². The number of rotatable bonds is 5. The molecule has 0 spiro atoms. The summed E-state index contributed by atoms with van der Waals surface area (Å²) in [7, 11) is 1.61. The molecular formula is C18H21IO3. The van der Waals surface area contributed by atoms with E-state index in [0.29, 0.717) is 18.8 Å². The SMILES string of the molecule is COCc1cc(C)cc(Cc2cc(C)cc(CI)c2O)c1O. The summed E-state index contributed by atoms with van der Waals surface area (Å²) in [5.41, 5.74) is 5.55. The maximum atomic E-state index is 10.4. The Morgan fingerprint density at radius 1 is 0.864 bits per heavy atom. The van der Waals surface area contributed by atoms with Crippen LogP contribution in [0.25, 0.3) is 0 Å². The molecule has 2 rings (SSSR count). The minimum Gasteiger partial charge on any atom is -0.507 e. The zero-order valence-corrected chi connectivity index (χ0v) is 15.3. The molecule has 3 nitrogen and oxygen atoms in total. The molecule has 0 aliphatic heterocycles. The number of hydrogen-bond acceptors (Lipinski definition) is 3. The lowest BCUT2D eigenvalue weighted by Crippen LogP contribution is -1.98. The van der Waals surface area contributed by atoms with E-state index in [1.807, 2.05) is 38.1 Å². The highest BCUT2D eigenvalue weighted by Crippen LogP contribution is 2.32. The number of benzene rings is 2. The quantitative estimate of drug-likeness (QED) is 0.566. The van der Waals surface area contributed by atoms with Gasteiger partial charge in [0.05, 0.1) is 6.61 Å². The number of phenolic OH excluding ortho intramolecular Hbond substituents is 2. The molecule has 0 aromatic heterocycles. The number of alkyl halides is 1. The molecule has 2 aromatic carbocycles. The van der Waals surface area contributed by atoms with Gasteiger partial charge in [0, 0.05) is 29.1 Å². The van der Waals surface area contributed by atoms with Gasteiger partial charge in [-0.05, 0) is 25.0 Å². The zero-order valence-electron chi connectivity index (χ0n) is 13.1. The van der Waals surface area contributed by atoms with Gasteiger partial charge in [0.2, 0.25) is 0 Å². The molecule has 22 heavy (non-hydrogen) atoms. The van der Waals surface area contributed by atoms with Crippen LogP contribution in [0.4, 0.5) is 0 Å². The maximum Gasteiger partial charge on any atom is 0.124 e. The van der Waals surface area contributed by atoms with E-state index >= 15 is 0 Å². The van der Waals surface area contributed by atoms with E-state index in [2.05, 4.69) is 22.6 Å². The molecule has 0 fully saturated rings. The highest BCUT2D eigenvalue weighted by atomic mass is 127. The van der Waals surface area contributed by atoms with Gasteiger partial charge in [-0.2, -0.15) is 0 Å². The van der Waals surface area contributed by atoms with Crippen LogP contribution in [0, 0.1) is 13.8 Å². The van der Waals surface area contributed by atoms with Crippen molar-refractivity contribution >= 4 is 22.6 Å². The predicted octanol–water partition coefficient (Wildman–Crippen LogP) is 4.39. The molecule has 0 atom stereocenters. The largest absolute Gasteiger partial charge is 0.507 e. The molecule has 118 valence electrons. The Hall–Kier alpha value is -1.27. The molecule has 0 aliphatic carbocycles. The van der Waals surface area contributed by atoms with E-state index in [1.165, 1.54) is 0 Å². The summed E-state index contributed by atoms with van der Waals surface area (Å²) < 4.78 is 5.89. The van der Waals surface area contributed by atoms with Gasteiger partial charge in [0.25, 0.3) is 0 Å². The Bertz CT molecular complexity index is 681. The van der Waals surface area contributed by atoms with Gasteiger partial charge in [-0.25, -0.2) is 0 Å². The van der Waals surface area contributed by atoms with Crippen LogP contribution < -0.4 is 0 Å². The molecule has 0 radical (unpaired) electrons. The van der Waals surface area contributed by atoms with Crippen LogP contribution in [-0.2, 0) is 22.2 Å². The molecule has 2 aromatic rings.